The van der Waals surface area contributed by atoms with Crippen molar-refractivity contribution in [1.29, 1.82) is 0 Å². The van der Waals surface area contributed by atoms with Gasteiger partial charge in [-0.2, -0.15) is 0 Å². The van der Waals surface area contributed by atoms with Crippen LogP contribution >= 0.6 is 15.9 Å². The van der Waals surface area contributed by atoms with Gasteiger partial charge in [-0.25, -0.2) is 9.97 Å². The normalized spacial score (nSPS) is 10.4. The van der Waals surface area contributed by atoms with Gasteiger partial charge in [0.05, 0.1) is 0 Å². The molecule has 0 unspecified atom stereocenters. The molecule has 0 spiro atoms. The van der Waals surface area contributed by atoms with Crippen LogP contribution in [0.5, 0.6) is 0 Å². The second kappa shape index (κ2) is 5.48. The zero-order chi connectivity index (χ0) is 13.1. The van der Waals surface area contributed by atoms with Crippen LogP contribution < -0.4 is 5.32 Å². The summed E-state index contributed by atoms with van der Waals surface area (Å²) in [6.07, 6.45) is 0.820. The predicted octanol–water partition coefficient (Wildman–Crippen LogP) is 4.16. The Hall–Kier alpha value is -1.42. The summed E-state index contributed by atoms with van der Waals surface area (Å²) >= 11 is 3.41. The van der Waals surface area contributed by atoms with E-state index < -0.39 is 0 Å². The Morgan fingerprint density at radius 2 is 1.94 bits per heavy atom. The lowest BCUT2D eigenvalue weighted by Crippen LogP contribution is -2.01. The van der Waals surface area contributed by atoms with Crippen LogP contribution in [0.1, 0.15) is 23.9 Å². The highest BCUT2D eigenvalue weighted by atomic mass is 79.9. The molecule has 1 N–H and O–H groups in total. The van der Waals surface area contributed by atoms with E-state index in [1.54, 1.807) is 0 Å². The largest absolute Gasteiger partial charge is 0.340 e. The third-order valence-electron chi connectivity index (χ3n) is 2.71. The molecule has 0 fully saturated rings. The molecule has 18 heavy (non-hydrogen) atoms. The Kier molecular flexibility index (Phi) is 3.97. The Labute approximate surface area is 116 Å². The summed E-state index contributed by atoms with van der Waals surface area (Å²) in [5.74, 6) is 1.65. The zero-order valence-corrected chi connectivity index (χ0v) is 12.4. The van der Waals surface area contributed by atoms with Crippen molar-refractivity contribution in [3.05, 3.63) is 45.8 Å². The van der Waals surface area contributed by atoms with Crippen LogP contribution in [0.4, 0.5) is 11.5 Å². The van der Waals surface area contributed by atoms with Crippen molar-refractivity contribution < 1.29 is 0 Å². The number of hydrogen-bond donors (Lipinski definition) is 1. The molecule has 2 aromatic rings. The first-order chi connectivity index (χ1) is 8.58. The van der Waals surface area contributed by atoms with Crippen LogP contribution in [0.3, 0.4) is 0 Å². The summed E-state index contributed by atoms with van der Waals surface area (Å²) in [6, 6.07) is 8.22. The fraction of sp³-hybridized carbons (Fsp3) is 0.286. The second-order valence-electron chi connectivity index (χ2n) is 4.29. The van der Waals surface area contributed by atoms with Gasteiger partial charge in [0, 0.05) is 18.2 Å². The van der Waals surface area contributed by atoms with E-state index in [0.717, 1.165) is 28.4 Å². The maximum absolute atomic E-state index is 4.47. The van der Waals surface area contributed by atoms with Crippen molar-refractivity contribution in [3.63, 3.8) is 0 Å². The Balaban J connectivity index is 2.33. The number of hydrogen-bond acceptors (Lipinski definition) is 3. The highest BCUT2D eigenvalue weighted by Crippen LogP contribution is 2.22. The molecule has 3 nitrogen and oxygen atoms in total. The molecule has 0 aliphatic carbocycles. The van der Waals surface area contributed by atoms with E-state index in [1.807, 2.05) is 13.0 Å². The maximum Gasteiger partial charge on any atom is 0.135 e. The van der Waals surface area contributed by atoms with E-state index in [9.17, 15) is 0 Å². The molecular weight excluding hydrogens is 290 g/mol. The SMILES string of the molecule is CCc1nc(Br)cc(Nc2cc(C)ccc2C)n1. The lowest BCUT2D eigenvalue weighted by molar-refractivity contribution is 0.931. The minimum Gasteiger partial charge on any atom is -0.340 e. The van der Waals surface area contributed by atoms with Crippen molar-refractivity contribution >= 4 is 27.4 Å². The molecule has 4 heteroatoms. The number of nitrogens with zero attached hydrogens (tertiary/aromatic N) is 2. The lowest BCUT2D eigenvalue weighted by atomic mass is 10.1. The molecule has 0 radical (unpaired) electrons. The summed E-state index contributed by atoms with van der Waals surface area (Å²) in [6.45, 7) is 6.21. The standard InChI is InChI=1S/C14H16BrN3/c1-4-13-17-12(15)8-14(18-13)16-11-7-9(2)5-6-10(11)3/h5-8H,4H2,1-3H3,(H,16,17,18). The third-order valence-corrected chi connectivity index (χ3v) is 3.12. The fourth-order valence-electron chi connectivity index (χ4n) is 1.70. The highest BCUT2D eigenvalue weighted by Gasteiger charge is 2.04. The van der Waals surface area contributed by atoms with Gasteiger partial charge in [-0.3, -0.25) is 0 Å². The first-order valence-electron chi connectivity index (χ1n) is 5.96. The average Bonchev–Trinajstić information content (AvgIpc) is 2.33. The van der Waals surface area contributed by atoms with Crippen LogP contribution in [0, 0.1) is 13.8 Å². The number of rotatable bonds is 3. The molecule has 0 aliphatic rings. The number of benzene rings is 1. The topological polar surface area (TPSA) is 37.8 Å². The molecule has 1 aromatic heterocycles. The van der Waals surface area contributed by atoms with Gasteiger partial charge < -0.3 is 5.32 Å². The number of aryl methyl sites for hydroxylation is 3. The van der Waals surface area contributed by atoms with E-state index in [2.05, 4.69) is 63.3 Å². The number of anilines is 2. The monoisotopic (exact) mass is 305 g/mol. The predicted molar refractivity (Wildman–Crippen MR) is 78.3 cm³/mol. The molecule has 0 atom stereocenters. The van der Waals surface area contributed by atoms with Crippen molar-refractivity contribution in [2.45, 2.75) is 27.2 Å². The van der Waals surface area contributed by atoms with Crippen LogP contribution in [0.25, 0.3) is 0 Å². The Morgan fingerprint density at radius 1 is 1.17 bits per heavy atom. The maximum atomic E-state index is 4.47. The minimum atomic E-state index is 0.808. The highest BCUT2D eigenvalue weighted by molar-refractivity contribution is 9.10. The van der Waals surface area contributed by atoms with Gasteiger partial charge in [0.1, 0.15) is 16.2 Å². The van der Waals surface area contributed by atoms with Crippen molar-refractivity contribution in [1.82, 2.24) is 9.97 Å². The summed E-state index contributed by atoms with van der Waals surface area (Å²) in [5, 5.41) is 3.35. The molecule has 1 aromatic carbocycles. The van der Waals surface area contributed by atoms with E-state index in [0.29, 0.717) is 0 Å². The van der Waals surface area contributed by atoms with Gasteiger partial charge in [0.2, 0.25) is 0 Å². The Morgan fingerprint density at radius 3 is 2.67 bits per heavy atom. The summed E-state index contributed by atoms with van der Waals surface area (Å²) in [5.41, 5.74) is 3.52. The fourth-order valence-corrected chi connectivity index (χ4v) is 2.12. The summed E-state index contributed by atoms with van der Waals surface area (Å²) in [7, 11) is 0. The summed E-state index contributed by atoms with van der Waals surface area (Å²) < 4.78 is 0.808. The van der Waals surface area contributed by atoms with E-state index >= 15 is 0 Å². The smallest absolute Gasteiger partial charge is 0.135 e. The second-order valence-corrected chi connectivity index (χ2v) is 5.10. The van der Waals surface area contributed by atoms with Gasteiger partial charge in [0.25, 0.3) is 0 Å². The third kappa shape index (κ3) is 3.07. The van der Waals surface area contributed by atoms with Gasteiger partial charge in [0.15, 0.2) is 0 Å². The van der Waals surface area contributed by atoms with Gasteiger partial charge in [-0.1, -0.05) is 19.1 Å². The van der Waals surface area contributed by atoms with Crippen molar-refractivity contribution in [2.75, 3.05) is 5.32 Å². The van der Waals surface area contributed by atoms with Crippen molar-refractivity contribution in [2.24, 2.45) is 0 Å². The number of nitrogens with one attached hydrogen (secondary N) is 1. The number of halogens is 1. The van der Waals surface area contributed by atoms with Gasteiger partial charge >= 0.3 is 0 Å². The summed E-state index contributed by atoms with van der Waals surface area (Å²) in [4.78, 5) is 8.77. The molecule has 0 bridgehead atoms. The first-order valence-corrected chi connectivity index (χ1v) is 6.75. The first kappa shape index (κ1) is 13.0. The average molecular weight is 306 g/mol. The molecule has 0 amide bonds. The Bertz CT molecular complexity index is 567. The molecule has 0 aliphatic heterocycles. The quantitative estimate of drug-likeness (QED) is 0.865. The molecule has 0 saturated carbocycles. The van der Waals surface area contributed by atoms with Crippen LogP contribution in [-0.2, 0) is 6.42 Å². The molecule has 0 saturated heterocycles. The molecule has 2 rings (SSSR count). The van der Waals surface area contributed by atoms with E-state index in [4.69, 9.17) is 0 Å². The van der Waals surface area contributed by atoms with Gasteiger partial charge in [-0.05, 0) is 47.0 Å². The van der Waals surface area contributed by atoms with Crippen LogP contribution in [0.15, 0.2) is 28.9 Å². The van der Waals surface area contributed by atoms with Crippen LogP contribution in [-0.4, -0.2) is 9.97 Å². The van der Waals surface area contributed by atoms with E-state index in [-0.39, 0.29) is 0 Å². The van der Waals surface area contributed by atoms with Gasteiger partial charge in [-0.15, -0.1) is 0 Å². The van der Waals surface area contributed by atoms with Crippen LogP contribution in [0.2, 0.25) is 0 Å². The molecular formula is C14H16BrN3. The number of aromatic nitrogens is 2. The van der Waals surface area contributed by atoms with Crippen molar-refractivity contribution in [3.8, 4) is 0 Å². The minimum absolute atomic E-state index is 0.808. The zero-order valence-electron chi connectivity index (χ0n) is 10.8. The molecule has 94 valence electrons. The molecule has 1 heterocycles. The van der Waals surface area contributed by atoms with E-state index in [1.165, 1.54) is 11.1 Å². The lowest BCUT2D eigenvalue weighted by Gasteiger charge is -2.10.